The molecule has 1 rings (SSSR count). The van der Waals surface area contributed by atoms with Gasteiger partial charge in [-0.1, -0.05) is 25.7 Å². The fourth-order valence-electron chi connectivity index (χ4n) is 2.80. The maximum absolute atomic E-state index is 12.0. The van der Waals surface area contributed by atoms with Crippen molar-refractivity contribution in [3.63, 3.8) is 0 Å². The Morgan fingerprint density at radius 2 is 1.75 bits per heavy atom. The predicted molar refractivity (Wildman–Crippen MR) is 77.8 cm³/mol. The molecule has 0 bridgehead atoms. The van der Waals surface area contributed by atoms with E-state index in [0.717, 1.165) is 25.7 Å². The third-order valence-corrected chi connectivity index (χ3v) is 3.74. The molecule has 1 saturated carbocycles. The van der Waals surface area contributed by atoms with Crippen molar-refractivity contribution in [1.29, 1.82) is 0 Å². The van der Waals surface area contributed by atoms with E-state index >= 15 is 0 Å². The predicted octanol–water partition coefficient (Wildman–Crippen LogP) is 1.41. The van der Waals surface area contributed by atoms with Gasteiger partial charge in [-0.2, -0.15) is 0 Å². The van der Waals surface area contributed by atoms with E-state index in [1.165, 1.54) is 0 Å². The van der Waals surface area contributed by atoms with Crippen molar-refractivity contribution in [2.75, 3.05) is 20.6 Å². The topological polar surface area (TPSA) is 81.7 Å². The molecule has 1 unspecified atom stereocenters. The summed E-state index contributed by atoms with van der Waals surface area (Å²) < 4.78 is 0. The van der Waals surface area contributed by atoms with Gasteiger partial charge in [-0.15, -0.1) is 0 Å². The number of rotatable bonds is 5. The Kier molecular flexibility index (Phi) is 6.26. The molecule has 1 aliphatic carbocycles. The van der Waals surface area contributed by atoms with Crippen LogP contribution in [0, 0.1) is 0 Å². The van der Waals surface area contributed by atoms with Gasteiger partial charge in [-0.05, 0) is 33.9 Å². The van der Waals surface area contributed by atoms with Gasteiger partial charge in [0, 0.05) is 12.6 Å². The standard InChI is InChI=1S/C14H27N3O3/c1-11(10-17(2)3)15-13(20)16-14(12(18)19)8-6-4-5-7-9-14/h11H,4-10H2,1-3H3,(H,18,19)(H2,15,16,20). The molecule has 0 aromatic rings. The SMILES string of the molecule is CC(CN(C)C)NC(=O)NC1(C(=O)O)CCCCCC1. The summed E-state index contributed by atoms with van der Waals surface area (Å²) in [5.74, 6) is -0.921. The van der Waals surface area contributed by atoms with Gasteiger partial charge in [0.05, 0.1) is 0 Å². The molecule has 0 aromatic carbocycles. The second kappa shape index (κ2) is 7.47. The van der Waals surface area contributed by atoms with E-state index in [1.54, 1.807) is 0 Å². The normalized spacial score (nSPS) is 20.0. The number of nitrogens with one attached hydrogen (secondary N) is 2. The van der Waals surface area contributed by atoms with Crippen LogP contribution >= 0.6 is 0 Å². The van der Waals surface area contributed by atoms with Gasteiger partial charge in [-0.25, -0.2) is 9.59 Å². The highest BCUT2D eigenvalue weighted by Crippen LogP contribution is 2.27. The summed E-state index contributed by atoms with van der Waals surface area (Å²) in [6.45, 7) is 2.62. The van der Waals surface area contributed by atoms with Crippen LogP contribution in [-0.2, 0) is 4.79 Å². The van der Waals surface area contributed by atoms with E-state index in [4.69, 9.17) is 0 Å². The average molecular weight is 285 g/mol. The molecule has 1 aliphatic rings. The van der Waals surface area contributed by atoms with Gasteiger partial charge in [0.15, 0.2) is 0 Å². The van der Waals surface area contributed by atoms with Gasteiger partial charge < -0.3 is 20.6 Å². The summed E-state index contributed by atoms with van der Waals surface area (Å²) in [6.07, 6.45) is 4.79. The lowest BCUT2D eigenvalue weighted by molar-refractivity contribution is -0.145. The Balaban J connectivity index is 2.61. The number of aliphatic carboxylic acids is 1. The Bertz CT molecular complexity index is 337. The average Bonchev–Trinajstić information content (AvgIpc) is 2.53. The molecule has 1 fully saturated rings. The Morgan fingerprint density at radius 1 is 1.20 bits per heavy atom. The first kappa shape index (κ1) is 16.8. The monoisotopic (exact) mass is 285 g/mol. The van der Waals surface area contributed by atoms with Crippen LogP contribution in [0.15, 0.2) is 0 Å². The molecular formula is C14H27N3O3. The van der Waals surface area contributed by atoms with Crippen molar-refractivity contribution in [3.8, 4) is 0 Å². The number of carbonyl (C=O) groups is 2. The molecule has 3 N–H and O–H groups in total. The number of likely N-dealkylation sites (N-methyl/N-ethyl adjacent to an activating group) is 1. The van der Waals surface area contributed by atoms with E-state index in [2.05, 4.69) is 10.6 Å². The lowest BCUT2D eigenvalue weighted by Gasteiger charge is -2.30. The molecule has 6 heteroatoms. The number of hydrogen-bond donors (Lipinski definition) is 3. The van der Waals surface area contributed by atoms with Gasteiger partial charge in [0.25, 0.3) is 0 Å². The number of nitrogens with zero attached hydrogens (tertiary/aromatic N) is 1. The molecule has 0 spiro atoms. The summed E-state index contributed by atoms with van der Waals surface area (Å²) in [7, 11) is 3.86. The van der Waals surface area contributed by atoms with Crippen LogP contribution in [0.2, 0.25) is 0 Å². The van der Waals surface area contributed by atoms with Crippen molar-refractivity contribution in [1.82, 2.24) is 15.5 Å². The number of carboxylic acid groups (broad SMARTS) is 1. The fourth-order valence-corrected chi connectivity index (χ4v) is 2.80. The minimum atomic E-state index is -1.10. The quantitative estimate of drug-likeness (QED) is 0.667. The molecule has 0 aliphatic heterocycles. The minimum Gasteiger partial charge on any atom is -0.480 e. The highest BCUT2D eigenvalue weighted by molar-refractivity contribution is 5.86. The van der Waals surface area contributed by atoms with Crippen molar-refractivity contribution in [2.45, 2.75) is 57.0 Å². The van der Waals surface area contributed by atoms with Crippen molar-refractivity contribution < 1.29 is 14.7 Å². The van der Waals surface area contributed by atoms with Crippen molar-refractivity contribution in [3.05, 3.63) is 0 Å². The zero-order chi connectivity index (χ0) is 15.2. The maximum Gasteiger partial charge on any atom is 0.329 e. The molecule has 0 radical (unpaired) electrons. The number of urea groups is 1. The molecule has 20 heavy (non-hydrogen) atoms. The van der Waals surface area contributed by atoms with Crippen LogP contribution in [0.1, 0.15) is 45.4 Å². The van der Waals surface area contributed by atoms with Crippen molar-refractivity contribution >= 4 is 12.0 Å². The highest BCUT2D eigenvalue weighted by Gasteiger charge is 2.40. The van der Waals surface area contributed by atoms with Gasteiger partial charge >= 0.3 is 12.0 Å². The van der Waals surface area contributed by atoms with E-state index < -0.39 is 11.5 Å². The molecule has 1 atom stereocenters. The van der Waals surface area contributed by atoms with Crippen LogP contribution in [0.3, 0.4) is 0 Å². The highest BCUT2D eigenvalue weighted by atomic mass is 16.4. The number of carboxylic acids is 1. The van der Waals surface area contributed by atoms with Gasteiger partial charge in [-0.3, -0.25) is 0 Å². The fraction of sp³-hybridized carbons (Fsp3) is 0.857. The Morgan fingerprint density at radius 3 is 2.20 bits per heavy atom. The second-order valence-corrected chi connectivity index (χ2v) is 6.06. The third kappa shape index (κ3) is 5.00. The summed E-state index contributed by atoms with van der Waals surface area (Å²) in [4.78, 5) is 25.6. The summed E-state index contributed by atoms with van der Waals surface area (Å²) >= 11 is 0. The summed E-state index contributed by atoms with van der Waals surface area (Å²) in [5, 5.41) is 15.0. The first-order valence-corrected chi connectivity index (χ1v) is 7.32. The van der Waals surface area contributed by atoms with Crippen LogP contribution < -0.4 is 10.6 Å². The molecule has 116 valence electrons. The van der Waals surface area contributed by atoms with E-state index in [-0.39, 0.29) is 12.1 Å². The lowest BCUT2D eigenvalue weighted by atomic mass is 9.90. The summed E-state index contributed by atoms with van der Waals surface area (Å²) in [5.41, 5.74) is -1.10. The first-order valence-electron chi connectivity index (χ1n) is 7.32. The van der Waals surface area contributed by atoms with E-state index in [9.17, 15) is 14.7 Å². The van der Waals surface area contributed by atoms with Crippen LogP contribution in [0.5, 0.6) is 0 Å². The smallest absolute Gasteiger partial charge is 0.329 e. The van der Waals surface area contributed by atoms with Crippen molar-refractivity contribution in [2.24, 2.45) is 0 Å². The molecule has 2 amide bonds. The van der Waals surface area contributed by atoms with Gasteiger partial charge in [0.2, 0.25) is 0 Å². The van der Waals surface area contributed by atoms with Crippen LogP contribution in [-0.4, -0.2) is 54.2 Å². The van der Waals surface area contributed by atoms with Crippen LogP contribution in [0.4, 0.5) is 4.79 Å². The van der Waals surface area contributed by atoms with E-state index in [1.807, 2.05) is 25.9 Å². The summed E-state index contributed by atoms with van der Waals surface area (Å²) in [6, 6.07) is -0.412. The van der Waals surface area contributed by atoms with Gasteiger partial charge in [0.1, 0.15) is 5.54 Å². The second-order valence-electron chi connectivity index (χ2n) is 6.06. The van der Waals surface area contributed by atoms with E-state index in [0.29, 0.717) is 19.4 Å². The largest absolute Gasteiger partial charge is 0.480 e. The maximum atomic E-state index is 12.0. The first-order chi connectivity index (χ1) is 9.35. The van der Waals surface area contributed by atoms with Crippen LogP contribution in [0.25, 0.3) is 0 Å². The Hall–Kier alpha value is -1.30. The Labute approximate surface area is 120 Å². The number of hydrogen-bond acceptors (Lipinski definition) is 3. The lowest BCUT2D eigenvalue weighted by Crippen LogP contribution is -2.58. The third-order valence-electron chi connectivity index (χ3n) is 3.74. The molecule has 6 nitrogen and oxygen atoms in total. The number of carbonyl (C=O) groups excluding carboxylic acids is 1. The molecule has 0 saturated heterocycles. The minimum absolute atomic E-state index is 0.0263. The zero-order valence-corrected chi connectivity index (χ0v) is 12.7. The molecule has 0 aromatic heterocycles. The molecule has 0 heterocycles. The number of amides is 2. The zero-order valence-electron chi connectivity index (χ0n) is 12.7. The molecular weight excluding hydrogens is 258 g/mol.